The number of carbonyl (C=O) groups excluding carboxylic acids is 7. The molecular formula is C59H91N5O11. The molecule has 0 bridgehead atoms. The highest BCUT2D eigenvalue weighted by Crippen LogP contribution is 2.24. The topological polar surface area (TPSA) is 173 Å². The molecule has 2 saturated heterocycles. The molecule has 2 aromatic carbocycles. The number of likely N-dealkylation sites (N-methyl/N-ethyl adjacent to an activating group) is 4. The van der Waals surface area contributed by atoms with E-state index in [1.807, 2.05) is 115 Å². The highest BCUT2D eigenvalue weighted by atomic mass is 16.6. The Balaban J connectivity index is 1.79. The Labute approximate surface area is 448 Å². The van der Waals surface area contributed by atoms with Gasteiger partial charge in [-0.2, -0.15) is 0 Å². The Morgan fingerprint density at radius 3 is 1.25 bits per heavy atom. The van der Waals surface area contributed by atoms with E-state index in [2.05, 4.69) is 0 Å². The minimum absolute atomic E-state index is 0.00235. The Kier molecular flexibility index (Phi) is 24.7. The lowest BCUT2D eigenvalue weighted by molar-refractivity contribution is -0.171. The fourth-order valence-electron chi connectivity index (χ4n) is 10.0. The molecule has 8 atom stereocenters. The number of esters is 4. The van der Waals surface area contributed by atoms with Crippen LogP contribution in [0.5, 0.6) is 0 Å². The van der Waals surface area contributed by atoms with E-state index in [-0.39, 0.29) is 68.4 Å². The van der Waals surface area contributed by atoms with E-state index in [1.165, 1.54) is 23.9 Å². The minimum atomic E-state index is -1.35. The molecule has 2 aromatic rings. The summed E-state index contributed by atoms with van der Waals surface area (Å²) < 4.78 is 24.8. The Bertz CT molecular complexity index is 2170. The first kappa shape index (κ1) is 62.2. The molecule has 16 nitrogen and oxygen atoms in total. The minimum Gasteiger partial charge on any atom is -0.460 e. The van der Waals surface area contributed by atoms with Gasteiger partial charge < -0.3 is 33.6 Å². The average molecular weight is 1050 g/mol. The Morgan fingerprint density at radius 2 is 0.840 bits per heavy atom. The first-order valence-corrected chi connectivity index (χ1v) is 27.5. The van der Waals surface area contributed by atoms with Gasteiger partial charge in [-0.3, -0.25) is 33.8 Å². The van der Waals surface area contributed by atoms with Gasteiger partial charge in [0.2, 0.25) is 5.91 Å². The van der Waals surface area contributed by atoms with Crippen LogP contribution in [-0.2, 0) is 71.9 Å². The quantitative estimate of drug-likeness (QED) is 0.135. The molecule has 4 rings (SSSR count). The standard InChI is InChI=1S/C59H91N5O11/c1-38(2)29-47-56(68)74-51(33-44-21-17-15-18-22-44)54(66)62(13)49(31-40(5)6)58(70)72-43(10)36-61(12)48(30-39(3)4)57(69)75-52(34-45-24-26-46(27-25-45)37-64-28-20-16-19-23-53(64)65)55(67)63(14)50(32-41(7)8)59(71)73-42(9)35-60(47)11/h15,17-18,21-22,24-27,38-43,47-52H,16,19-20,23,28-37H2,1-14H3. The molecule has 0 N–H and O–H groups in total. The fraction of sp³-hybridized carbons (Fsp3) is 0.678. The van der Waals surface area contributed by atoms with Crippen LogP contribution in [0.1, 0.15) is 137 Å². The Morgan fingerprint density at radius 1 is 0.467 bits per heavy atom. The van der Waals surface area contributed by atoms with Crippen molar-refractivity contribution in [1.29, 1.82) is 0 Å². The largest absolute Gasteiger partial charge is 0.460 e. The van der Waals surface area contributed by atoms with Crippen LogP contribution < -0.4 is 0 Å². The van der Waals surface area contributed by atoms with Crippen molar-refractivity contribution in [3.63, 3.8) is 0 Å². The van der Waals surface area contributed by atoms with E-state index < -0.39 is 84.3 Å². The van der Waals surface area contributed by atoms with Crippen molar-refractivity contribution in [3.05, 3.63) is 71.3 Å². The monoisotopic (exact) mass is 1050 g/mol. The molecule has 418 valence electrons. The Hall–Kier alpha value is -5.35. The summed E-state index contributed by atoms with van der Waals surface area (Å²) in [5, 5.41) is 0. The summed E-state index contributed by atoms with van der Waals surface area (Å²) in [5.41, 5.74) is 2.40. The molecular weight excluding hydrogens is 955 g/mol. The SMILES string of the molecule is CC(C)CC1C(=O)OC(Cc2ccc(CN3CCCCCC3=O)cc2)C(=O)N(C)C(CC(C)C)C(=O)OC(C)CN(C)C(CC(C)C)C(=O)OC(Cc2ccccc2)C(=O)N(C)C(CC(C)C)C(=O)OC(C)CN1C. The molecule has 2 aliphatic heterocycles. The second-order valence-corrected chi connectivity index (χ2v) is 23.0. The van der Waals surface area contributed by atoms with Crippen molar-refractivity contribution in [2.45, 2.75) is 189 Å². The lowest BCUT2D eigenvalue weighted by atomic mass is 10.00. The molecule has 8 unspecified atom stereocenters. The highest BCUT2D eigenvalue weighted by Gasteiger charge is 2.41. The van der Waals surface area contributed by atoms with E-state index in [0.717, 1.165) is 30.4 Å². The van der Waals surface area contributed by atoms with E-state index in [1.54, 1.807) is 37.7 Å². The van der Waals surface area contributed by atoms with Gasteiger partial charge in [-0.1, -0.05) is 116 Å². The normalized spacial score (nSPS) is 25.8. The molecule has 3 amide bonds. The zero-order chi connectivity index (χ0) is 55.7. The predicted octanol–water partition coefficient (Wildman–Crippen LogP) is 7.51. The van der Waals surface area contributed by atoms with Crippen LogP contribution in [0.2, 0.25) is 0 Å². The zero-order valence-corrected chi connectivity index (χ0v) is 47.8. The molecule has 2 fully saturated rings. The van der Waals surface area contributed by atoms with E-state index in [0.29, 0.717) is 37.9 Å². The fourth-order valence-corrected chi connectivity index (χ4v) is 10.0. The molecule has 75 heavy (non-hydrogen) atoms. The second-order valence-electron chi connectivity index (χ2n) is 23.0. The molecule has 0 radical (unpaired) electrons. The third-order valence-electron chi connectivity index (χ3n) is 14.1. The van der Waals surface area contributed by atoms with Gasteiger partial charge in [-0.05, 0) is 107 Å². The van der Waals surface area contributed by atoms with Crippen molar-refractivity contribution < 1.29 is 52.5 Å². The van der Waals surface area contributed by atoms with Crippen LogP contribution in [0.3, 0.4) is 0 Å². The first-order chi connectivity index (χ1) is 35.3. The molecule has 0 spiro atoms. The lowest BCUT2D eigenvalue weighted by Gasteiger charge is -2.35. The van der Waals surface area contributed by atoms with Crippen LogP contribution in [0, 0.1) is 23.7 Å². The van der Waals surface area contributed by atoms with Gasteiger partial charge in [0.1, 0.15) is 36.4 Å². The van der Waals surface area contributed by atoms with Gasteiger partial charge in [0, 0.05) is 59.5 Å². The van der Waals surface area contributed by atoms with Crippen molar-refractivity contribution in [1.82, 2.24) is 24.5 Å². The maximum atomic E-state index is 15.0. The van der Waals surface area contributed by atoms with Crippen LogP contribution in [-0.4, -0.2) is 163 Å². The number of nitrogens with zero attached hydrogens (tertiary/aromatic N) is 5. The van der Waals surface area contributed by atoms with Gasteiger partial charge in [0.25, 0.3) is 11.8 Å². The average Bonchev–Trinajstić information content (AvgIpc) is 3.54. The summed E-state index contributed by atoms with van der Waals surface area (Å²) in [7, 11) is 6.53. The number of rotatable bonds is 14. The summed E-state index contributed by atoms with van der Waals surface area (Å²) in [4.78, 5) is 109. The maximum Gasteiger partial charge on any atom is 0.329 e. The molecule has 16 heteroatoms. The van der Waals surface area contributed by atoms with Gasteiger partial charge in [-0.25, -0.2) is 9.59 Å². The van der Waals surface area contributed by atoms with Crippen LogP contribution in [0.4, 0.5) is 0 Å². The van der Waals surface area contributed by atoms with Gasteiger partial charge >= 0.3 is 23.9 Å². The summed E-state index contributed by atoms with van der Waals surface area (Å²) in [6.45, 7) is 20.5. The van der Waals surface area contributed by atoms with Gasteiger partial charge in [-0.15, -0.1) is 0 Å². The van der Waals surface area contributed by atoms with E-state index in [4.69, 9.17) is 18.9 Å². The van der Waals surface area contributed by atoms with Crippen LogP contribution in [0.15, 0.2) is 54.6 Å². The number of likely N-dealkylation sites (tertiary alicyclic amines) is 1. The highest BCUT2D eigenvalue weighted by molar-refractivity contribution is 5.90. The van der Waals surface area contributed by atoms with E-state index >= 15 is 0 Å². The predicted molar refractivity (Wildman–Crippen MR) is 289 cm³/mol. The third-order valence-corrected chi connectivity index (χ3v) is 14.1. The van der Waals surface area contributed by atoms with Gasteiger partial charge in [0.15, 0.2) is 12.2 Å². The third kappa shape index (κ3) is 19.6. The smallest absolute Gasteiger partial charge is 0.329 e. The lowest BCUT2D eigenvalue weighted by Crippen LogP contribution is -2.53. The van der Waals surface area contributed by atoms with E-state index in [9.17, 15) is 33.6 Å². The van der Waals surface area contributed by atoms with Crippen molar-refractivity contribution in [3.8, 4) is 0 Å². The molecule has 2 aliphatic rings. The summed E-state index contributed by atoms with van der Waals surface area (Å²) >= 11 is 0. The summed E-state index contributed by atoms with van der Waals surface area (Å²) in [6, 6.07) is 13.0. The van der Waals surface area contributed by atoms with Crippen molar-refractivity contribution >= 4 is 41.6 Å². The number of ether oxygens (including phenoxy) is 4. The maximum absolute atomic E-state index is 15.0. The molecule has 0 aliphatic carbocycles. The number of hydrogen-bond acceptors (Lipinski definition) is 13. The zero-order valence-electron chi connectivity index (χ0n) is 47.8. The van der Waals surface area contributed by atoms with Crippen molar-refractivity contribution in [2.24, 2.45) is 23.7 Å². The number of cyclic esters (lactones) is 4. The van der Waals surface area contributed by atoms with Crippen LogP contribution >= 0.6 is 0 Å². The first-order valence-electron chi connectivity index (χ1n) is 27.5. The molecule has 0 saturated carbocycles. The van der Waals surface area contributed by atoms with Gasteiger partial charge in [0.05, 0.1) is 0 Å². The number of amides is 3. The van der Waals surface area contributed by atoms with Crippen molar-refractivity contribution in [2.75, 3.05) is 47.8 Å². The number of carbonyl (C=O) groups is 7. The van der Waals surface area contributed by atoms with Crippen LogP contribution in [0.25, 0.3) is 0 Å². The summed E-state index contributed by atoms with van der Waals surface area (Å²) in [5.74, 6) is -3.65. The second kappa shape index (κ2) is 29.8. The molecule has 2 heterocycles. The summed E-state index contributed by atoms with van der Waals surface area (Å²) in [6.07, 6.45) is 0.466. The number of benzene rings is 2. The number of hydrogen-bond donors (Lipinski definition) is 0. The molecule has 0 aromatic heterocycles.